The number of hydrogen-bond donors (Lipinski definition) is 2. The Morgan fingerprint density at radius 2 is 2.10 bits per heavy atom. The maximum Gasteiger partial charge on any atom is 0.267 e. The quantitative estimate of drug-likeness (QED) is 0.757. The third-order valence-electron chi connectivity index (χ3n) is 3.33. The molecule has 1 aromatic carbocycles. The maximum absolute atomic E-state index is 12.5. The minimum Gasteiger partial charge on any atom is -0.396 e. The standard InChI is InChI=1S/C16H15N3OS/c1-9-5-6-10(2)11(8-9)19-16(20)15-13(17)14-12(21-15)4-3-7-18-14/h3-8H,17H2,1-2H3,(H,19,20). The first-order valence-corrected chi connectivity index (χ1v) is 7.39. The van der Waals surface area contributed by atoms with E-state index in [1.807, 2.05) is 44.2 Å². The number of nitrogens with zero attached hydrogens (tertiary/aromatic N) is 1. The van der Waals surface area contributed by atoms with Crippen LogP contribution in [0.1, 0.15) is 20.8 Å². The first-order chi connectivity index (χ1) is 10.1. The number of benzene rings is 1. The molecule has 2 heterocycles. The van der Waals surface area contributed by atoms with E-state index >= 15 is 0 Å². The Morgan fingerprint density at radius 3 is 2.86 bits per heavy atom. The van der Waals surface area contributed by atoms with E-state index in [0.717, 1.165) is 21.5 Å². The monoisotopic (exact) mass is 297 g/mol. The van der Waals surface area contributed by atoms with Gasteiger partial charge in [-0.2, -0.15) is 0 Å². The lowest BCUT2D eigenvalue weighted by molar-refractivity contribution is 0.103. The van der Waals surface area contributed by atoms with Crippen molar-refractivity contribution in [3.05, 3.63) is 52.5 Å². The molecule has 0 spiro atoms. The van der Waals surface area contributed by atoms with Gasteiger partial charge in [-0.05, 0) is 43.2 Å². The molecule has 5 heteroatoms. The molecule has 0 aliphatic carbocycles. The van der Waals surface area contributed by atoms with Gasteiger partial charge in [0, 0.05) is 11.9 Å². The summed E-state index contributed by atoms with van der Waals surface area (Å²) >= 11 is 1.36. The number of nitrogens with one attached hydrogen (secondary N) is 1. The number of nitrogens with two attached hydrogens (primary N) is 1. The summed E-state index contributed by atoms with van der Waals surface area (Å²) in [5.74, 6) is -0.191. The summed E-state index contributed by atoms with van der Waals surface area (Å²) in [5.41, 5.74) is 10.1. The van der Waals surface area contributed by atoms with Gasteiger partial charge >= 0.3 is 0 Å². The van der Waals surface area contributed by atoms with Crippen molar-refractivity contribution in [3.63, 3.8) is 0 Å². The van der Waals surface area contributed by atoms with Crippen LogP contribution in [0.3, 0.4) is 0 Å². The number of fused-ring (bicyclic) bond motifs is 1. The van der Waals surface area contributed by atoms with Crippen LogP contribution in [0.15, 0.2) is 36.5 Å². The second-order valence-corrected chi connectivity index (χ2v) is 6.02. The predicted octanol–water partition coefficient (Wildman–Crippen LogP) is 3.75. The number of thiophene rings is 1. The molecule has 0 aliphatic heterocycles. The van der Waals surface area contributed by atoms with E-state index in [0.29, 0.717) is 16.1 Å². The molecular formula is C16H15N3OS. The lowest BCUT2D eigenvalue weighted by atomic mass is 10.1. The largest absolute Gasteiger partial charge is 0.396 e. The molecule has 0 saturated carbocycles. The van der Waals surface area contributed by atoms with E-state index in [9.17, 15) is 4.79 Å². The molecule has 0 unspecified atom stereocenters. The highest BCUT2D eigenvalue weighted by Gasteiger charge is 2.17. The Labute approximate surface area is 126 Å². The highest BCUT2D eigenvalue weighted by molar-refractivity contribution is 7.21. The average Bonchev–Trinajstić information content (AvgIpc) is 2.81. The van der Waals surface area contributed by atoms with Crippen LogP contribution in [0.25, 0.3) is 10.2 Å². The van der Waals surface area contributed by atoms with Crippen molar-refractivity contribution in [3.8, 4) is 0 Å². The highest BCUT2D eigenvalue weighted by Crippen LogP contribution is 2.32. The van der Waals surface area contributed by atoms with Crippen LogP contribution in [0, 0.1) is 13.8 Å². The third-order valence-corrected chi connectivity index (χ3v) is 4.49. The van der Waals surface area contributed by atoms with Crippen molar-refractivity contribution in [2.45, 2.75) is 13.8 Å². The van der Waals surface area contributed by atoms with E-state index in [2.05, 4.69) is 10.3 Å². The van der Waals surface area contributed by atoms with Gasteiger partial charge in [-0.3, -0.25) is 9.78 Å². The number of aryl methyl sites for hydroxylation is 2. The lowest BCUT2D eigenvalue weighted by Gasteiger charge is -2.08. The number of anilines is 2. The molecule has 106 valence electrons. The molecule has 3 N–H and O–H groups in total. The highest BCUT2D eigenvalue weighted by atomic mass is 32.1. The summed E-state index contributed by atoms with van der Waals surface area (Å²) in [6, 6.07) is 9.71. The van der Waals surface area contributed by atoms with Crippen molar-refractivity contribution < 1.29 is 4.79 Å². The number of pyridine rings is 1. The molecule has 0 bridgehead atoms. The van der Waals surface area contributed by atoms with Crippen molar-refractivity contribution in [2.75, 3.05) is 11.1 Å². The zero-order chi connectivity index (χ0) is 15.0. The zero-order valence-corrected chi connectivity index (χ0v) is 12.6. The average molecular weight is 297 g/mol. The van der Waals surface area contributed by atoms with Crippen LogP contribution >= 0.6 is 11.3 Å². The molecule has 1 amide bonds. The Balaban J connectivity index is 1.97. The minimum atomic E-state index is -0.191. The summed E-state index contributed by atoms with van der Waals surface area (Å²) in [6.45, 7) is 3.96. The summed E-state index contributed by atoms with van der Waals surface area (Å²) in [7, 11) is 0. The summed E-state index contributed by atoms with van der Waals surface area (Å²) < 4.78 is 0.918. The molecule has 0 fully saturated rings. The van der Waals surface area contributed by atoms with Gasteiger partial charge in [-0.15, -0.1) is 11.3 Å². The number of carbonyl (C=O) groups is 1. The van der Waals surface area contributed by atoms with Crippen molar-refractivity contribution in [1.82, 2.24) is 4.98 Å². The first-order valence-electron chi connectivity index (χ1n) is 6.58. The van der Waals surface area contributed by atoms with Crippen LogP contribution in [-0.4, -0.2) is 10.9 Å². The van der Waals surface area contributed by atoms with E-state index in [4.69, 9.17) is 5.73 Å². The molecule has 3 aromatic rings. The molecule has 3 rings (SSSR count). The molecule has 2 aromatic heterocycles. The van der Waals surface area contributed by atoms with Crippen molar-refractivity contribution in [2.24, 2.45) is 0 Å². The lowest BCUT2D eigenvalue weighted by Crippen LogP contribution is -2.13. The molecule has 4 nitrogen and oxygen atoms in total. The minimum absolute atomic E-state index is 0.191. The first kappa shape index (κ1) is 13.6. The Bertz CT molecular complexity index is 839. The number of hydrogen-bond acceptors (Lipinski definition) is 4. The normalized spacial score (nSPS) is 10.8. The smallest absolute Gasteiger partial charge is 0.267 e. The van der Waals surface area contributed by atoms with E-state index < -0.39 is 0 Å². The molecule has 21 heavy (non-hydrogen) atoms. The van der Waals surface area contributed by atoms with Crippen LogP contribution in [0.2, 0.25) is 0 Å². The Kier molecular flexibility index (Phi) is 3.35. The fraction of sp³-hybridized carbons (Fsp3) is 0.125. The van der Waals surface area contributed by atoms with Gasteiger partial charge in [0.05, 0.1) is 10.4 Å². The van der Waals surface area contributed by atoms with Gasteiger partial charge in [-0.1, -0.05) is 12.1 Å². The number of carbonyl (C=O) groups excluding carboxylic acids is 1. The summed E-state index contributed by atoms with van der Waals surface area (Å²) in [5, 5.41) is 2.93. The molecule has 0 saturated heterocycles. The van der Waals surface area contributed by atoms with Gasteiger partial charge in [0.15, 0.2) is 0 Å². The van der Waals surface area contributed by atoms with Crippen LogP contribution in [0.4, 0.5) is 11.4 Å². The zero-order valence-electron chi connectivity index (χ0n) is 11.8. The molecule has 0 atom stereocenters. The van der Waals surface area contributed by atoms with Crippen molar-refractivity contribution >= 4 is 38.8 Å². The number of aromatic nitrogens is 1. The number of nitrogen functional groups attached to an aromatic ring is 1. The van der Waals surface area contributed by atoms with E-state index in [-0.39, 0.29) is 5.91 Å². The van der Waals surface area contributed by atoms with Gasteiger partial charge < -0.3 is 11.1 Å². The Hall–Kier alpha value is -2.40. The molecule has 0 aliphatic rings. The van der Waals surface area contributed by atoms with Gasteiger partial charge in [0.1, 0.15) is 10.4 Å². The predicted molar refractivity (Wildman–Crippen MR) is 87.9 cm³/mol. The van der Waals surface area contributed by atoms with Crippen molar-refractivity contribution in [1.29, 1.82) is 0 Å². The maximum atomic E-state index is 12.5. The van der Waals surface area contributed by atoms with Crippen LogP contribution in [-0.2, 0) is 0 Å². The summed E-state index contributed by atoms with van der Waals surface area (Å²) in [6.07, 6.45) is 1.68. The second-order valence-electron chi connectivity index (χ2n) is 4.97. The fourth-order valence-corrected chi connectivity index (χ4v) is 3.14. The van der Waals surface area contributed by atoms with E-state index in [1.165, 1.54) is 11.3 Å². The number of rotatable bonds is 2. The van der Waals surface area contributed by atoms with Gasteiger partial charge in [0.25, 0.3) is 5.91 Å². The topological polar surface area (TPSA) is 68.0 Å². The van der Waals surface area contributed by atoms with Crippen LogP contribution < -0.4 is 11.1 Å². The van der Waals surface area contributed by atoms with Gasteiger partial charge in [-0.25, -0.2) is 0 Å². The third kappa shape index (κ3) is 2.48. The SMILES string of the molecule is Cc1ccc(C)c(NC(=O)c2sc3cccnc3c2N)c1. The Morgan fingerprint density at radius 1 is 1.29 bits per heavy atom. The molecular weight excluding hydrogens is 282 g/mol. The van der Waals surface area contributed by atoms with E-state index in [1.54, 1.807) is 6.20 Å². The molecule has 0 radical (unpaired) electrons. The fourth-order valence-electron chi connectivity index (χ4n) is 2.17. The summed E-state index contributed by atoms with van der Waals surface area (Å²) in [4.78, 5) is 17.2. The second kappa shape index (κ2) is 5.18. The number of amides is 1. The van der Waals surface area contributed by atoms with Gasteiger partial charge in [0.2, 0.25) is 0 Å². The van der Waals surface area contributed by atoms with Crippen LogP contribution in [0.5, 0.6) is 0 Å².